The average molecular weight is 463 g/mol. The first kappa shape index (κ1) is 24.1. The smallest absolute Gasteiger partial charge is 0.264 e. The van der Waals surface area contributed by atoms with Crippen molar-refractivity contribution in [3.63, 3.8) is 0 Å². The van der Waals surface area contributed by atoms with E-state index in [1.807, 2.05) is 32.0 Å². The summed E-state index contributed by atoms with van der Waals surface area (Å²) in [5.41, 5.74) is 7.12. The predicted molar refractivity (Wildman–Crippen MR) is 123 cm³/mol. The summed E-state index contributed by atoms with van der Waals surface area (Å²) in [6, 6.07) is 12.5. The first-order valence-electron chi connectivity index (χ1n) is 9.37. The number of halogens is 1. The minimum Gasteiger partial charge on any atom is -0.483 e. The predicted octanol–water partition coefficient (Wildman–Crippen LogP) is 2.78. The standard InChI is InChI=1S/C21H23ClN4O4S/c1-13-7-8-14(2)17(11-13)30-12-20(29)24-21(31)26-25-19(28)10-9-18(27)23-16-6-4-3-5-15(16)22/h3-8,11H,9-10,12H2,1-2H3,(H,23,27)(H,25,28)(H2,24,26,29,31). The zero-order valence-corrected chi connectivity index (χ0v) is 18.7. The maximum Gasteiger partial charge on any atom is 0.264 e. The molecule has 0 atom stereocenters. The van der Waals surface area contributed by atoms with Gasteiger partial charge in [0.05, 0.1) is 10.7 Å². The van der Waals surface area contributed by atoms with E-state index < -0.39 is 11.8 Å². The van der Waals surface area contributed by atoms with E-state index in [4.69, 9.17) is 28.6 Å². The Morgan fingerprint density at radius 3 is 2.42 bits per heavy atom. The highest BCUT2D eigenvalue weighted by Gasteiger charge is 2.11. The quantitative estimate of drug-likeness (QED) is 0.372. The number of carbonyl (C=O) groups is 3. The molecule has 0 aliphatic rings. The molecule has 0 saturated heterocycles. The molecule has 164 valence electrons. The van der Waals surface area contributed by atoms with Crippen LogP contribution in [0.2, 0.25) is 5.02 Å². The number of thiocarbonyl (C=S) groups is 1. The molecule has 2 rings (SSSR count). The molecule has 2 aromatic carbocycles. The van der Waals surface area contributed by atoms with Gasteiger partial charge in [-0.1, -0.05) is 35.9 Å². The van der Waals surface area contributed by atoms with Crippen molar-refractivity contribution in [2.75, 3.05) is 11.9 Å². The highest BCUT2D eigenvalue weighted by atomic mass is 35.5. The molecule has 3 amide bonds. The Balaban J connectivity index is 1.65. The van der Waals surface area contributed by atoms with Crippen LogP contribution in [0.4, 0.5) is 5.69 Å². The lowest BCUT2D eigenvalue weighted by Crippen LogP contribution is -2.49. The molecule has 0 aromatic heterocycles. The molecule has 0 spiro atoms. The van der Waals surface area contributed by atoms with Crippen molar-refractivity contribution >= 4 is 52.3 Å². The van der Waals surface area contributed by atoms with Gasteiger partial charge in [-0.25, -0.2) is 0 Å². The van der Waals surface area contributed by atoms with Crippen molar-refractivity contribution in [3.8, 4) is 5.75 Å². The fourth-order valence-corrected chi connectivity index (χ4v) is 2.74. The van der Waals surface area contributed by atoms with E-state index in [-0.39, 0.29) is 30.5 Å². The number of ether oxygens (including phenoxy) is 1. The van der Waals surface area contributed by atoms with Gasteiger partial charge in [0, 0.05) is 12.8 Å². The van der Waals surface area contributed by atoms with Crippen LogP contribution in [0.1, 0.15) is 24.0 Å². The summed E-state index contributed by atoms with van der Waals surface area (Å²) in [4.78, 5) is 35.7. The normalized spacial score (nSPS) is 10.0. The van der Waals surface area contributed by atoms with Gasteiger partial charge in [-0.2, -0.15) is 0 Å². The third-order valence-electron chi connectivity index (χ3n) is 4.00. The van der Waals surface area contributed by atoms with Crippen LogP contribution in [-0.4, -0.2) is 29.4 Å². The van der Waals surface area contributed by atoms with E-state index in [1.165, 1.54) is 0 Å². The number of amides is 3. The number of hydrogen-bond acceptors (Lipinski definition) is 5. The highest BCUT2D eigenvalue weighted by molar-refractivity contribution is 7.80. The molecule has 0 aliphatic carbocycles. The van der Waals surface area contributed by atoms with Gasteiger partial charge in [-0.05, 0) is 55.4 Å². The van der Waals surface area contributed by atoms with Crippen molar-refractivity contribution in [2.24, 2.45) is 0 Å². The lowest BCUT2D eigenvalue weighted by Gasteiger charge is -2.12. The second-order valence-corrected chi connectivity index (χ2v) is 7.45. The second kappa shape index (κ2) is 11.9. The van der Waals surface area contributed by atoms with Crippen molar-refractivity contribution in [3.05, 3.63) is 58.6 Å². The molecule has 0 fully saturated rings. The highest BCUT2D eigenvalue weighted by Crippen LogP contribution is 2.20. The Kier molecular flexibility index (Phi) is 9.23. The summed E-state index contributed by atoms with van der Waals surface area (Å²) in [6.45, 7) is 3.57. The second-order valence-electron chi connectivity index (χ2n) is 6.64. The van der Waals surface area contributed by atoms with Crippen LogP contribution in [0.5, 0.6) is 5.75 Å². The van der Waals surface area contributed by atoms with Gasteiger partial charge in [-0.3, -0.25) is 30.6 Å². The number of benzene rings is 2. The molecule has 0 heterocycles. The molecule has 8 nitrogen and oxygen atoms in total. The molecule has 0 radical (unpaired) electrons. The topological polar surface area (TPSA) is 109 Å². The summed E-state index contributed by atoms with van der Waals surface area (Å²) < 4.78 is 5.49. The van der Waals surface area contributed by atoms with Crippen LogP contribution in [0.15, 0.2) is 42.5 Å². The Morgan fingerprint density at radius 1 is 0.968 bits per heavy atom. The van der Waals surface area contributed by atoms with Gasteiger partial charge >= 0.3 is 0 Å². The van der Waals surface area contributed by atoms with Gasteiger partial charge in [0.15, 0.2) is 11.7 Å². The monoisotopic (exact) mass is 462 g/mol. The number of hydrogen-bond donors (Lipinski definition) is 4. The summed E-state index contributed by atoms with van der Waals surface area (Å²) >= 11 is 10.9. The van der Waals surface area contributed by atoms with Crippen LogP contribution in [-0.2, 0) is 14.4 Å². The SMILES string of the molecule is Cc1ccc(C)c(OCC(=O)NC(=S)NNC(=O)CCC(=O)Nc2ccccc2Cl)c1. The third-order valence-corrected chi connectivity index (χ3v) is 4.53. The first-order chi connectivity index (χ1) is 14.7. The van der Waals surface area contributed by atoms with Crippen LogP contribution in [0.25, 0.3) is 0 Å². The number of hydrazine groups is 1. The van der Waals surface area contributed by atoms with Gasteiger partial charge in [0.2, 0.25) is 11.8 Å². The number of rotatable bonds is 7. The Bertz CT molecular complexity index is 984. The minimum atomic E-state index is -0.480. The molecule has 4 N–H and O–H groups in total. The van der Waals surface area contributed by atoms with E-state index in [1.54, 1.807) is 24.3 Å². The number of carbonyl (C=O) groups excluding carboxylic acids is 3. The maximum atomic E-state index is 11.9. The number of anilines is 1. The van der Waals surface area contributed by atoms with Crippen LogP contribution in [0, 0.1) is 13.8 Å². The number of nitrogens with one attached hydrogen (secondary N) is 4. The fourth-order valence-electron chi connectivity index (χ4n) is 2.39. The molecule has 10 heteroatoms. The van der Waals surface area contributed by atoms with Crippen LogP contribution in [0.3, 0.4) is 0 Å². The fraction of sp³-hybridized carbons (Fsp3) is 0.238. The van der Waals surface area contributed by atoms with E-state index in [0.29, 0.717) is 16.5 Å². The summed E-state index contributed by atoms with van der Waals surface area (Å²) in [7, 11) is 0. The Morgan fingerprint density at radius 2 is 1.68 bits per heavy atom. The van der Waals surface area contributed by atoms with Gasteiger partial charge in [-0.15, -0.1) is 0 Å². The molecule has 2 aromatic rings. The van der Waals surface area contributed by atoms with Crippen molar-refractivity contribution in [2.45, 2.75) is 26.7 Å². The van der Waals surface area contributed by atoms with Gasteiger partial charge < -0.3 is 10.1 Å². The van der Waals surface area contributed by atoms with E-state index in [0.717, 1.165) is 11.1 Å². The molecule has 0 bridgehead atoms. The van der Waals surface area contributed by atoms with E-state index in [9.17, 15) is 14.4 Å². The van der Waals surface area contributed by atoms with Crippen LogP contribution < -0.4 is 26.2 Å². The molecular formula is C21H23ClN4O4S. The molecular weight excluding hydrogens is 440 g/mol. The lowest BCUT2D eigenvalue weighted by molar-refractivity contribution is -0.125. The number of aryl methyl sites for hydroxylation is 2. The van der Waals surface area contributed by atoms with Gasteiger partial charge in [0.25, 0.3) is 5.91 Å². The van der Waals surface area contributed by atoms with Gasteiger partial charge in [0.1, 0.15) is 5.75 Å². The zero-order chi connectivity index (χ0) is 22.8. The summed E-state index contributed by atoms with van der Waals surface area (Å²) in [5, 5.41) is 5.33. The summed E-state index contributed by atoms with van der Waals surface area (Å²) in [5.74, 6) is -0.704. The molecule has 31 heavy (non-hydrogen) atoms. The zero-order valence-electron chi connectivity index (χ0n) is 17.1. The minimum absolute atomic E-state index is 0.0540. The number of para-hydroxylation sites is 1. The first-order valence-corrected chi connectivity index (χ1v) is 10.2. The lowest BCUT2D eigenvalue weighted by atomic mass is 10.1. The largest absolute Gasteiger partial charge is 0.483 e. The molecule has 0 unspecified atom stereocenters. The molecule has 0 saturated carbocycles. The maximum absolute atomic E-state index is 11.9. The average Bonchev–Trinajstić information content (AvgIpc) is 2.73. The third kappa shape index (κ3) is 8.61. The summed E-state index contributed by atoms with van der Waals surface area (Å²) in [6.07, 6.45) is -0.142. The van der Waals surface area contributed by atoms with E-state index >= 15 is 0 Å². The van der Waals surface area contributed by atoms with Crippen molar-refractivity contribution in [1.29, 1.82) is 0 Å². The van der Waals surface area contributed by atoms with Crippen molar-refractivity contribution in [1.82, 2.24) is 16.2 Å². The molecule has 0 aliphatic heterocycles. The Hall–Kier alpha value is -3.17. The van der Waals surface area contributed by atoms with Crippen molar-refractivity contribution < 1.29 is 19.1 Å². The Labute approximate surface area is 190 Å². The van der Waals surface area contributed by atoms with Crippen LogP contribution >= 0.6 is 23.8 Å². The van der Waals surface area contributed by atoms with E-state index in [2.05, 4.69) is 21.5 Å².